The molecule has 4 heteroatoms. The molecular weight excluding hydrogens is 338 g/mol. The molecular formula is C23H21NO3. The average Bonchev–Trinajstić information content (AvgIpc) is 2.73. The number of benzene rings is 3. The van der Waals surface area contributed by atoms with Gasteiger partial charge in [0, 0.05) is 5.57 Å². The molecule has 1 amide bonds. The smallest absolute Gasteiger partial charge is 0.256 e. The van der Waals surface area contributed by atoms with E-state index in [-0.39, 0.29) is 5.91 Å². The summed E-state index contributed by atoms with van der Waals surface area (Å²) in [5.41, 5.74) is 2.93. The lowest BCUT2D eigenvalue weighted by Crippen LogP contribution is -2.14. The third kappa shape index (κ3) is 4.55. The van der Waals surface area contributed by atoms with Gasteiger partial charge >= 0.3 is 0 Å². The fourth-order valence-electron chi connectivity index (χ4n) is 2.70. The number of ether oxygens (including phenoxy) is 2. The average molecular weight is 359 g/mol. The standard InChI is InChI=1S/C23H21NO3/c1-26-19-14-12-17(13-15-19)16-20(18-8-4-3-5-9-18)23(25)24-21-10-6-7-11-22(21)27-2/h3-16H,1-2H3,(H,24,25). The molecule has 0 spiro atoms. The summed E-state index contributed by atoms with van der Waals surface area (Å²) in [6, 6.07) is 24.5. The third-order valence-electron chi connectivity index (χ3n) is 4.11. The lowest BCUT2D eigenvalue weighted by Gasteiger charge is -2.12. The van der Waals surface area contributed by atoms with Crippen LogP contribution in [-0.4, -0.2) is 20.1 Å². The second kappa shape index (κ2) is 8.72. The van der Waals surface area contributed by atoms with Gasteiger partial charge in [-0.3, -0.25) is 4.79 Å². The van der Waals surface area contributed by atoms with Gasteiger partial charge in [-0.05, 0) is 41.5 Å². The minimum atomic E-state index is -0.207. The first kappa shape index (κ1) is 18.3. The van der Waals surface area contributed by atoms with Crippen molar-refractivity contribution in [2.24, 2.45) is 0 Å². The Morgan fingerprint density at radius 3 is 2.15 bits per heavy atom. The fourth-order valence-corrected chi connectivity index (χ4v) is 2.70. The summed E-state index contributed by atoms with van der Waals surface area (Å²) in [5.74, 6) is 1.18. The highest BCUT2D eigenvalue weighted by Crippen LogP contribution is 2.26. The van der Waals surface area contributed by atoms with E-state index in [0.29, 0.717) is 17.0 Å². The summed E-state index contributed by atoms with van der Waals surface area (Å²) >= 11 is 0. The van der Waals surface area contributed by atoms with Crippen LogP contribution in [0.5, 0.6) is 11.5 Å². The largest absolute Gasteiger partial charge is 0.497 e. The van der Waals surface area contributed by atoms with E-state index in [2.05, 4.69) is 5.32 Å². The van der Waals surface area contributed by atoms with E-state index in [1.54, 1.807) is 14.2 Å². The summed E-state index contributed by atoms with van der Waals surface area (Å²) in [5, 5.41) is 2.95. The highest BCUT2D eigenvalue weighted by molar-refractivity contribution is 6.29. The van der Waals surface area contributed by atoms with Crippen molar-refractivity contribution in [2.75, 3.05) is 19.5 Å². The first-order valence-electron chi connectivity index (χ1n) is 8.57. The maximum Gasteiger partial charge on any atom is 0.256 e. The van der Waals surface area contributed by atoms with Crippen molar-refractivity contribution >= 4 is 23.2 Å². The van der Waals surface area contributed by atoms with Crippen LogP contribution in [0.1, 0.15) is 11.1 Å². The molecule has 0 aliphatic carbocycles. The van der Waals surface area contributed by atoms with Crippen LogP contribution >= 0.6 is 0 Å². The Morgan fingerprint density at radius 2 is 1.48 bits per heavy atom. The molecule has 0 aromatic heterocycles. The Bertz CT molecular complexity index is 931. The lowest BCUT2D eigenvalue weighted by atomic mass is 10.0. The SMILES string of the molecule is COc1ccc(C=C(C(=O)Nc2ccccc2OC)c2ccccc2)cc1. The molecule has 3 rings (SSSR count). The van der Waals surface area contributed by atoms with Gasteiger partial charge in [0.2, 0.25) is 0 Å². The van der Waals surface area contributed by atoms with Crippen molar-refractivity contribution in [1.29, 1.82) is 0 Å². The molecule has 0 aliphatic rings. The van der Waals surface area contributed by atoms with Gasteiger partial charge in [-0.25, -0.2) is 0 Å². The molecule has 0 atom stereocenters. The molecule has 0 saturated carbocycles. The highest BCUT2D eigenvalue weighted by Gasteiger charge is 2.14. The van der Waals surface area contributed by atoms with E-state index in [0.717, 1.165) is 16.9 Å². The van der Waals surface area contributed by atoms with Gasteiger partial charge in [-0.1, -0.05) is 54.6 Å². The van der Waals surface area contributed by atoms with E-state index in [1.165, 1.54) is 0 Å². The summed E-state index contributed by atoms with van der Waals surface area (Å²) < 4.78 is 10.5. The van der Waals surface area contributed by atoms with E-state index in [4.69, 9.17) is 9.47 Å². The number of methoxy groups -OCH3 is 2. The maximum atomic E-state index is 13.0. The predicted octanol–water partition coefficient (Wildman–Crippen LogP) is 4.88. The number of carbonyl (C=O) groups excluding carboxylic acids is 1. The molecule has 0 heterocycles. The van der Waals surface area contributed by atoms with Gasteiger partial charge in [0.05, 0.1) is 19.9 Å². The summed E-state index contributed by atoms with van der Waals surface area (Å²) in [7, 11) is 3.21. The lowest BCUT2D eigenvalue weighted by molar-refractivity contribution is -0.111. The first-order valence-corrected chi connectivity index (χ1v) is 8.57. The van der Waals surface area contributed by atoms with Crippen LogP contribution in [0.2, 0.25) is 0 Å². The Kier molecular flexibility index (Phi) is 5.90. The minimum absolute atomic E-state index is 0.207. The molecule has 0 saturated heterocycles. The van der Waals surface area contributed by atoms with Crippen molar-refractivity contribution < 1.29 is 14.3 Å². The Hall–Kier alpha value is -3.53. The Morgan fingerprint density at radius 1 is 0.815 bits per heavy atom. The van der Waals surface area contributed by atoms with Crippen LogP contribution < -0.4 is 14.8 Å². The molecule has 1 N–H and O–H groups in total. The van der Waals surface area contributed by atoms with E-state index in [9.17, 15) is 4.79 Å². The Labute approximate surface area is 159 Å². The van der Waals surface area contributed by atoms with E-state index in [1.807, 2.05) is 84.9 Å². The number of anilines is 1. The monoisotopic (exact) mass is 359 g/mol. The zero-order chi connectivity index (χ0) is 19.1. The zero-order valence-corrected chi connectivity index (χ0v) is 15.3. The topological polar surface area (TPSA) is 47.6 Å². The number of nitrogens with one attached hydrogen (secondary N) is 1. The quantitative estimate of drug-likeness (QED) is 0.504. The molecule has 4 nitrogen and oxygen atoms in total. The van der Waals surface area contributed by atoms with Crippen molar-refractivity contribution in [3.63, 3.8) is 0 Å². The number of para-hydroxylation sites is 2. The first-order chi connectivity index (χ1) is 13.2. The molecule has 3 aromatic rings. The van der Waals surface area contributed by atoms with Crippen molar-refractivity contribution in [1.82, 2.24) is 0 Å². The van der Waals surface area contributed by atoms with Crippen LogP contribution in [0.4, 0.5) is 5.69 Å². The number of rotatable bonds is 6. The van der Waals surface area contributed by atoms with Crippen LogP contribution in [0.25, 0.3) is 11.6 Å². The Balaban J connectivity index is 1.96. The van der Waals surface area contributed by atoms with Crippen molar-refractivity contribution in [2.45, 2.75) is 0 Å². The van der Waals surface area contributed by atoms with E-state index >= 15 is 0 Å². The summed E-state index contributed by atoms with van der Waals surface area (Å²) in [6.45, 7) is 0. The molecule has 0 aliphatic heterocycles. The number of hydrogen-bond acceptors (Lipinski definition) is 3. The molecule has 0 bridgehead atoms. The second-order valence-electron chi connectivity index (χ2n) is 5.85. The maximum absolute atomic E-state index is 13.0. The van der Waals surface area contributed by atoms with Crippen LogP contribution in [0.3, 0.4) is 0 Å². The van der Waals surface area contributed by atoms with Gasteiger partial charge in [0.1, 0.15) is 11.5 Å². The fraction of sp³-hybridized carbons (Fsp3) is 0.0870. The minimum Gasteiger partial charge on any atom is -0.497 e. The van der Waals surface area contributed by atoms with Gasteiger partial charge in [-0.2, -0.15) is 0 Å². The zero-order valence-electron chi connectivity index (χ0n) is 15.3. The van der Waals surface area contributed by atoms with Gasteiger partial charge in [0.15, 0.2) is 0 Å². The van der Waals surface area contributed by atoms with Gasteiger partial charge in [-0.15, -0.1) is 0 Å². The molecule has 0 radical (unpaired) electrons. The number of hydrogen-bond donors (Lipinski definition) is 1. The molecule has 0 unspecified atom stereocenters. The van der Waals surface area contributed by atoms with Crippen LogP contribution in [0.15, 0.2) is 78.9 Å². The predicted molar refractivity (Wildman–Crippen MR) is 109 cm³/mol. The number of amides is 1. The summed E-state index contributed by atoms with van der Waals surface area (Å²) in [6.07, 6.45) is 1.86. The normalized spacial score (nSPS) is 11.0. The van der Waals surface area contributed by atoms with Gasteiger partial charge < -0.3 is 14.8 Å². The van der Waals surface area contributed by atoms with Crippen molar-refractivity contribution in [3.05, 3.63) is 90.0 Å². The highest BCUT2D eigenvalue weighted by atomic mass is 16.5. The molecule has 3 aromatic carbocycles. The van der Waals surface area contributed by atoms with E-state index < -0.39 is 0 Å². The molecule has 0 fully saturated rings. The molecule has 136 valence electrons. The molecule has 27 heavy (non-hydrogen) atoms. The number of carbonyl (C=O) groups is 1. The van der Waals surface area contributed by atoms with Crippen LogP contribution in [-0.2, 0) is 4.79 Å². The van der Waals surface area contributed by atoms with Crippen LogP contribution in [0, 0.1) is 0 Å². The van der Waals surface area contributed by atoms with Gasteiger partial charge in [0.25, 0.3) is 5.91 Å². The van der Waals surface area contributed by atoms with Crippen molar-refractivity contribution in [3.8, 4) is 11.5 Å². The summed E-state index contributed by atoms with van der Waals surface area (Å²) in [4.78, 5) is 13.0. The third-order valence-corrected chi connectivity index (χ3v) is 4.11. The second-order valence-corrected chi connectivity index (χ2v) is 5.85.